The van der Waals surface area contributed by atoms with Gasteiger partial charge in [0.1, 0.15) is 11.5 Å². The Labute approximate surface area is 214 Å². The Hall–Kier alpha value is -1.68. The van der Waals surface area contributed by atoms with Gasteiger partial charge < -0.3 is 11.5 Å². The molecule has 200 valence electrons. The van der Waals surface area contributed by atoms with Crippen molar-refractivity contribution in [1.82, 2.24) is 0 Å². The Morgan fingerprint density at radius 3 is 1.89 bits per heavy atom. The molecule has 4 saturated carbocycles. The van der Waals surface area contributed by atoms with Gasteiger partial charge in [-0.1, -0.05) is 51.8 Å². The van der Waals surface area contributed by atoms with E-state index in [9.17, 15) is 8.78 Å². The zero-order valence-electron chi connectivity index (χ0n) is 23.1. The highest BCUT2D eigenvalue weighted by Crippen LogP contribution is 2.67. The first-order valence-electron chi connectivity index (χ1n) is 13.7. The number of anilines is 1. The van der Waals surface area contributed by atoms with Crippen LogP contribution < -0.4 is 11.5 Å². The fourth-order valence-electron chi connectivity index (χ4n) is 5.69. The molecule has 1 aromatic rings. The molecule has 0 radical (unpaired) electrons. The first kappa shape index (κ1) is 31.4. The predicted octanol–water partition coefficient (Wildman–Crippen LogP) is 9.11. The van der Waals surface area contributed by atoms with Crippen LogP contribution in [0.3, 0.4) is 0 Å². The summed E-state index contributed by atoms with van der Waals surface area (Å²) >= 11 is 0. The first-order valence-corrected chi connectivity index (χ1v) is 13.7. The average molecular weight is 491 g/mol. The molecule has 4 heteroatoms. The van der Waals surface area contributed by atoms with Crippen molar-refractivity contribution in [2.24, 2.45) is 28.4 Å². The van der Waals surface area contributed by atoms with Crippen molar-refractivity contribution in [2.75, 3.05) is 12.8 Å². The van der Waals surface area contributed by atoms with Crippen LogP contribution in [0.2, 0.25) is 0 Å². The van der Waals surface area contributed by atoms with Crippen molar-refractivity contribution in [3.8, 4) is 0 Å². The summed E-state index contributed by atoms with van der Waals surface area (Å²) in [5.41, 5.74) is 11.1. The van der Waals surface area contributed by atoms with E-state index in [1.54, 1.807) is 50.8 Å². The largest absolute Gasteiger partial charge is 0.398 e. The van der Waals surface area contributed by atoms with E-state index in [0.717, 1.165) is 43.4 Å². The van der Waals surface area contributed by atoms with Crippen LogP contribution >= 0.6 is 0 Å². The standard InChI is InChI=1S/C17H21F2N.C9H16.C2H6.C2H4.CH5N/c1-16(19)11-17(16)9-7-12(8-10-17)5-6-13-14(18)3-2-4-15(13)20;1-8-2-4-9(5-3-8)6-7-9;3*1-2/h2-6,12H,7-11,20H2,1H3;8H,2-7H2,1H3;1-2H3;1-2H2;2H2,1H3/b6-5+;;;;. The number of rotatable bonds is 2. The highest BCUT2D eigenvalue weighted by Gasteiger charge is 2.65. The van der Waals surface area contributed by atoms with Crippen LogP contribution in [-0.2, 0) is 0 Å². The lowest BCUT2D eigenvalue weighted by atomic mass is 9.78. The minimum absolute atomic E-state index is 0.0473. The van der Waals surface area contributed by atoms with Crippen molar-refractivity contribution in [1.29, 1.82) is 0 Å². The van der Waals surface area contributed by atoms with Crippen molar-refractivity contribution in [3.63, 3.8) is 0 Å². The van der Waals surface area contributed by atoms with Gasteiger partial charge in [-0.05, 0) is 101 Å². The maximum absolute atomic E-state index is 13.9. The number of hydrogen-bond donors (Lipinski definition) is 2. The molecule has 0 aromatic heterocycles. The van der Waals surface area contributed by atoms with Crippen LogP contribution in [0.4, 0.5) is 14.5 Å². The summed E-state index contributed by atoms with van der Waals surface area (Å²) < 4.78 is 27.6. The third-order valence-corrected chi connectivity index (χ3v) is 8.55. The molecular formula is C31H52F2N2. The van der Waals surface area contributed by atoms with Gasteiger partial charge >= 0.3 is 0 Å². The molecule has 4 aliphatic carbocycles. The first-order chi connectivity index (χ1) is 16.7. The lowest BCUT2D eigenvalue weighted by molar-refractivity contribution is 0.182. The predicted molar refractivity (Wildman–Crippen MR) is 150 cm³/mol. The smallest absolute Gasteiger partial charge is 0.132 e. The maximum atomic E-state index is 13.9. The van der Waals surface area contributed by atoms with E-state index >= 15 is 0 Å². The van der Waals surface area contributed by atoms with Gasteiger partial charge in [0.05, 0.1) is 0 Å². The van der Waals surface area contributed by atoms with Crippen LogP contribution in [0.15, 0.2) is 37.4 Å². The summed E-state index contributed by atoms with van der Waals surface area (Å²) in [6.07, 6.45) is 17.7. The van der Waals surface area contributed by atoms with Gasteiger partial charge in [-0.2, -0.15) is 0 Å². The van der Waals surface area contributed by atoms with Gasteiger partial charge in [-0.25, -0.2) is 8.78 Å². The second-order valence-corrected chi connectivity index (χ2v) is 10.8. The summed E-state index contributed by atoms with van der Waals surface area (Å²) in [5.74, 6) is 1.17. The number of benzene rings is 1. The average Bonchev–Trinajstić information content (AvgIpc) is 3.76. The summed E-state index contributed by atoms with van der Waals surface area (Å²) in [6, 6.07) is 4.74. The van der Waals surface area contributed by atoms with Crippen LogP contribution in [0.1, 0.15) is 104 Å². The molecule has 0 bridgehead atoms. The van der Waals surface area contributed by atoms with Crippen LogP contribution in [0.25, 0.3) is 6.08 Å². The molecule has 1 atom stereocenters. The molecule has 4 N–H and O–H groups in total. The zero-order valence-corrected chi connectivity index (χ0v) is 23.1. The summed E-state index contributed by atoms with van der Waals surface area (Å²) in [4.78, 5) is 0. The van der Waals surface area contributed by atoms with Crippen molar-refractivity contribution in [2.45, 2.75) is 104 Å². The van der Waals surface area contributed by atoms with Crippen LogP contribution in [0, 0.1) is 28.5 Å². The van der Waals surface area contributed by atoms with Crippen LogP contribution in [0.5, 0.6) is 0 Å². The van der Waals surface area contributed by atoms with E-state index in [0.29, 0.717) is 17.2 Å². The third kappa shape index (κ3) is 8.44. The number of nitrogen functional groups attached to an aromatic ring is 1. The van der Waals surface area contributed by atoms with E-state index in [1.165, 1.54) is 26.0 Å². The zero-order chi connectivity index (χ0) is 26.7. The van der Waals surface area contributed by atoms with E-state index in [-0.39, 0.29) is 11.2 Å². The van der Waals surface area contributed by atoms with Crippen molar-refractivity contribution >= 4 is 11.8 Å². The fraction of sp³-hybridized carbons (Fsp3) is 0.677. The molecule has 0 heterocycles. The Morgan fingerprint density at radius 2 is 1.46 bits per heavy atom. The summed E-state index contributed by atoms with van der Waals surface area (Å²) in [6.45, 7) is 14.1. The minimum Gasteiger partial charge on any atom is -0.398 e. The molecule has 4 aliphatic rings. The monoisotopic (exact) mass is 490 g/mol. The minimum atomic E-state index is -0.947. The highest BCUT2D eigenvalue weighted by molar-refractivity contribution is 5.64. The van der Waals surface area contributed by atoms with Gasteiger partial charge in [-0.3, -0.25) is 0 Å². The Balaban J connectivity index is 0.000000340. The number of hydrogen-bond acceptors (Lipinski definition) is 2. The molecule has 0 saturated heterocycles. The quantitative estimate of drug-likeness (QED) is 0.321. The molecule has 1 aromatic carbocycles. The summed E-state index contributed by atoms with van der Waals surface area (Å²) in [7, 11) is 1.50. The third-order valence-electron chi connectivity index (χ3n) is 8.55. The van der Waals surface area contributed by atoms with E-state index < -0.39 is 5.67 Å². The molecular weight excluding hydrogens is 438 g/mol. The van der Waals surface area contributed by atoms with E-state index in [1.807, 2.05) is 19.9 Å². The number of alkyl halides is 1. The molecule has 1 unspecified atom stereocenters. The Kier molecular flexibility index (Phi) is 12.7. The van der Waals surface area contributed by atoms with Gasteiger partial charge in [0, 0.05) is 16.7 Å². The molecule has 5 rings (SSSR count). The fourth-order valence-corrected chi connectivity index (χ4v) is 5.69. The lowest BCUT2D eigenvalue weighted by Gasteiger charge is -2.28. The Morgan fingerprint density at radius 1 is 0.943 bits per heavy atom. The van der Waals surface area contributed by atoms with Gasteiger partial charge in [0.15, 0.2) is 0 Å². The number of nitrogens with two attached hydrogens (primary N) is 2. The maximum Gasteiger partial charge on any atom is 0.132 e. The normalized spacial score (nSPS) is 25.6. The molecule has 0 amide bonds. The number of allylic oxidation sites excluding steroid dienone is 1. The second kappa shape index (κ2) is 14.2. The van der Waals surface area contributed by atoms with Crippen LogP contribution in [-0.4, -0.2) is 12.7 Å². The van der Waals surface area contributed by atoms with Gasteiger partial charge in [0.25, 0.3) is 0 Å². The topological polar surface area (TPSA) is 52.0 Å². The SMILES string of the molecule is C=C.CC.CC1(F)CC12CCC(/C=C/c1c(N)cccc1F)CC2.CC1CCC2(CC1)CC2.CN. The number of halogens is 2. The highest BCUT2D eigenvalue weighted by atomic mass is 19.1. The molecule has 2 nitrogen and oxygen atoms in total. The molecule has 0 aliphatic heterocycles. The molecule has 4 fully saturated rings. The molecule has 35 heavy (non-hydrogen) atoms. The lowest BCUT2D eigenvalue weighted by Crippen LogP contribution is -2.20. The Bertz CT molecular complexity index is 744. The van der Waals surface area contributed by atoms with Crippen molar-refractivity contribution < 1.29 is 8.78 Å². The molecule has 2 spiro atoms. The second-order valence-electron chi connectivity index (χ2n) is 10.8. The van der Waals surface area contributed by atoms with Gasteiger partial charge in [0.2, 0.25) is 0 Å². The van der Waals surface area contributed by atoms with E-state index in [2.05, 4.69) is 25.8 Å². The van der Waals surface area contributed by atoms with Gasteiger partial charge in [-0.15, -0.1) is 13.2 Å². The van der Waals surface area contributed by atoms with Crippen molar-refractivity contribution in [3.05, 3.63) is 48.8 Å². The van der Waals surface area contributed by atoms with E-state index in [4.69, 9.17) is 5.73 Å². The summed E-state index contributed by atoms with van der Waals surface area (Å²) in [5, 5.41) is 0.